The first-order valence-corrected chi connectivity index (χ1v) is 6.40. The van der Waals surface area contributed by atoms with Crippen LogP contribution in [0.25, 0.3) is 0 Å². The van der Waals surface area contributed by atoms with E-state index in [-0.39, 0.29) is 6.42 Å². The minimum atomic E-state index is -4.00. The molecule has 5 heteroatoms. The van der Waals surface area contributed by atoms with Crippen LogP contribution in [-0.4, -0.2) is 32.4 Å². The van der Waals surface area contributed by atoms with Gasteiger partial charge in [0.25, 0.3) is 0 Å². The summed E-state index contributed by atoms with van der Waals surface area (Å²) >= 11 is 0. The highest BCUT2D eigenvalue weighted by atomic mass is 19.4. The molecular formula is C12H23F3N2. The van der Waals surface area contributed by atoms with Crippen LogP contribution in [0.3, 0.4) is 0 Å². The molecule has 2 nitrogen and oxygen atoms in total. The van der Waals surface area contributed by atoms with Crippen molar-refractivity contribution in [3.8, 4) is 0 Å². The third-order valence-electron chi connectivity index (χ3n) is 3.43. The Kier molecular flexibility index (Phi) is 5.73. The zero-order valence-electron chi connectivity index (χ0n) is 10.5. The quantitative estimate of drug-likeness (QED) is 0.710. The molecule has 1 aliphatic heterocycles. The van der Waals surface area contributed by atoms with Crippen LogP contribution in [0, 0.1) is 5.41 Å². The molecular weight excluding hydrogens is 229 g/mol. The number of unbranched alkanes of at least 4 members (excludes halogenated alkanes) is 1. The molecule has 1 heterocycles. The first-order chi connectivity index (χ1) is 7.91. The Hall–Kier alpha value is -0.290. The Balaban J connectivity index is 2.00. The summed E-state index contributed by atoms with van der Waals surface area (Å²) in [5.41, 5.74) is 0.315. The molecule has 0 aromatic carbocycles. The van der Waals surface area contributed by atoms with Crippen LogP contribution in [0.5, 0.6) is 0 Å². The maximum absolute atomic E-state index is 11.9. The summed E-state index contributed by atoms with van der Waals surface area (Å²) in [5, 5.41) is 6.60. The van der Waals surface area contributed by atoms with Gasteiger partial charge in [-0.1, -0.05) is 6.92 Å². The zero-order valence-corrected chi connectivity index (χ0v) is 10.5. The van der Waals surface area contributed by atoms with Crippen LogP contribution < -0.4 is 10.6 Å². The summed E-state index contributed by atoms with van der Waals surface area (Å²) in [5.74, 6) is 0. The topological polar surface area (TPSA) is 24.1 Å². The fourth-order valence-electron chi connectivity index (χ4n) is 2.17. The predicted octanol–water partition coefficient (Wildman–Crippen LogP) is 2.70. The monoisotopic (exact) mass is 252 g/mol. The number of hydrogen-bond acceptors (Lipinski definition) is 2. The average molecular weight is 252 g/mol. The van der Waals surface area contributed by atoms with Gasteiger partial charge >= 0.3 is 6.18 Å². The summed E-state index contributed by atoms with van der Waals surface area (Å²) < 4.78 is 35.7. The van der Waals surface area contributed by atoms with Crippen LogP contribution in [0.4, 0.5) is 13.2 Å². The lowest BCUT2D eigenvalue weighted by Crippen LogP contribution is -2.41. The number of rotatable bonds is 6. The van der Waals surface area contributed by atoms with Gasteiger partial charge in [0.15, 0.2) is 0 Å². The lowest BCUT2D eigenvalue weighted by atomic mass is 9.81. The van der Waals surface area contributed by atoms with Gasteiger partial charge in [0.1, 0.15) is 0 Å². The Bertz CT molecular complexity index is 210. The fourth-order valence-corrected chi connectivity index (χ4v) is 2.17. The van der Waals surface area contributed by atoms with Gasteiger partial charge < -0.3 is 10.6 Å². The Morgan fingerprint density at radius 1 is 1.18 bits per heavy atom. The van der Waals surface area contributed by atoms with Gasteiger partial charge in [-0.2, -0.15) is 13.2 Å². The van der Waals surface area contributed by atoms with Gasteiger partial charge in [0.2, 0.25) is 0 Å². The van der Waals surface area contributed by atoms with Gasteiger partial charge in [0.05, 0.1) is 0 Å². The van der Waals surface area contributed by atoms with E-state index in [0.29, 0.717) is 18.4 Å². The highest BCUT2D eigenvalue weighted by molar-refractivity contribution is 4.82. The number of piperidine rings is 1. The average Bonchev–Trinajstić information content (AvgIpc) is 2.23. The van der Waals surface area contributed by atoms with E-state index in [1.54, 1.807) is 0 Å². The second-order valence-corrected chi connectivity index (χ2v) is 5.31. The maximum Gasteiger partial charge on any atom is 0.389 e. The Labute approximate surface area is 101 Å². The molecule has 0 aromatic rings. The smallest absolute Gasteiger partial charge is 0.317 e. The van der Waals surface area contributed by atoms with Crippen molar-refractivity contribution in [2.75, 3.05) is 26.2 Å². The van der Waals surface area contributed by atoms with Crippen LogP contribution in [0.2, 0.25) is 0 Å². The minimum Gasteiger partial charge on any atom is -0.317 e. The molecule has 102 valence electrons. The van der Waals surface area contributed by atoms with Crippen molar-refractivity contribution in [1.29, 1.82) is 0 Å². The molecule has 0 saturated carbocycles. The van der Waals surface area contributed by atoms with E-state index >= 15 is 0 Å². The number of hydrogen-bond donors (Lipinski definition) is 2. The van der Waals surface area contributed by atoms with Crippen molar-refractivity contribution in [3.63, 3.8) is 0 Å². The summed E-state index contributed by atoms with van der Waals surface area (Å²) in [7, 11) is 0. The molecule has 0 atom stereocenters. The van der Waals surface area contributed by atoms with Crippen molar-refractivity contribution in [2.24, 2.45) is 5.41 Å². The van der Waals surface area contributed by atoms with E-state index in [1.807, 2.05) is 0 Å². The SMILES string of the molecule is CC1(CNCCCCC(F)(F)F)CCNCC1. The summed E-state index contributed by atoms with van der Waals surface area (Å²) in [6, 6.07) is 0. The lowest BCUT2D eigenvalue weighted by Gasteiger charge is -2.34. The van der Waals surface area contributed by atoms with Gasteiger partial charge in [-0.15, -0.1) is 0 Å². The molecule has 0 amide bonds. The van der Waals surface area contributed by atoms with E-state index in [0.717, 1.165) is 32.5 Å². The molecule has 0 aromatic heterocycles. The molecule has 0 bridgehead atoms. The largest absolute Gasteiger partial charge is 0.389 e. The molecule has 2 N–H and O–H groups in total. The summed E-state index contributed by atoms with van der Waals surface area (Å²) in [6.07, 6.45) is -1.54. The summed E-state index contributed by atoms with van der Waals surface area (Å²) in [6.45, 7) is 5.95. The molecule has 0 unspecified atom stereocenters. The standard InChI is InChI=1S/C12H23F3N2/c1-11(5-8-16-9-6-11)10-17-7-3-2-4-12(13,14)15/h16-17H,2-10H2,1H3. The van der Waals surface area contributed by atoms with Crippen LogP contribution in [-0.2, 0) is 0 Å². The maximum atomic E-state index is 11.9. The van der Waals surface area contributed by atoms with Crippen molar-refractivity contribution in [2.45, 2.75) is 45.2 Å². The highest BCUT2D eigenvalue weighted by Gasteiger charge is 2.27. The highest BCUT2D eigenvalue weighted by Crippen LogP contribution is 2.26. The van der Waals surface area contributed by atoms with E-state index in [2.05, 4.69) is 17.6 Å². The zero-order chi connectivity index (χ0) is 12.8. The van der Waals surface area contributed by atoms with Crippen molar-refractivity contribution < 1.29 is 13.2 Å². The molecule has 0 aliphatic carbocycles. The van der Waals surface area contributed by atoms with E-state index in [4.69, 9.17) is 0 Å². The van der Waals surface area contributed by atoms with E-state index in [9.17, 15) is 13.2 Å². The van der Waals surface area contributed by atoms with Gasteiger partial charge in [-0.25, -0.2) is 0 Å². The number of nitrogens with one attached hydrogen (secondary N) is 2. The van der Waals surface area contributed by atoms with Crippen molar-refractivity contribution >= 4 is 0 Å². The second kappa shape index (κ2) is 6.59. The molecule has 0 radical (unpaired) electrons. The van der Waals surface area contributed by atoms with E-state index in [1.165, 1.54) is 0 Å². The molecule has 1 fully saturated rings. The van der Waals surface area contributed by atoms with Gasteiger partial charge in [-0.3, -0.25) is 0 Å². The fraction of sp³-hybridized carbons (Fsp3) is 1.00. The third kappa shape index (κ3) is 6.88. The van der Waals surface area contributed by atoms with Gasteiger partial charge in [-0.05, 0) is 50.7 Å². The Morgan fingerprint density at radius 2 is 1.82 bits per heavy atom. The molecule has 1 aliphatic rings. The van der Waals surface area contributed by atoms with Crippen LogP contribution in [0.1, 0.15) is 39.0 Å². The summed E-state index contributed by atoms with van der Waals surface area (Å²) in [4.78, 5) is 0. The van der Waals surface area contributed by atoms with E-state index < -0.39 is 12.6 Å². The second-order valence-electron chi connectivity index (χ2n) is 5.31. The lowest BCUT2D eigenvalue weighted by molar-refractivity contribution is -0.135. The Morgan fingerprint density at radius 3 is 2.41 bits per heavy atom. The van der Waals surface area contributed by atoms with Crippen LogP contribution in [0.15, 0.2) is 0 Å². The molecule has 1 saturated heterocycles. The first-order valence-electron chi connectivity index (χ1n) is 6.40. The molecule has 1 rings (SSSR count). The molecule has 0 spiro atoms. The number of halogens is 3. The predicted molar refractivity (Wildman–Crippen MR) is 63.0 cm³/mol. The minimum absolute atomic E-state index is 0.231. The number of alkyl halides is 3. The first kappa shape index (κ1) is 14.8. The normalized spacial score (nSPS) is 20.5. The van der Waals surface area contributed by atoms with Crippen molar-refractivity contribution in [3.05, 3.63) is 0 Å². The van der Waals surface area contributed by atoms with Crippen LogP contribution >= 0.6 is 0 Å². The third-order valence-corrected chi connectivity index (χ3v) is 3.43. The van der Waals surface area contributed by atoms with Gasteiger partial charge in [0, 0.05) is 13.0 Å². The molecule has 17 heavy (non-hydrogen) atoms. The van der Waals surface area contributed by atoms with Crippen molar-refractivity contribution in [1.82, 2.24) is 10.6 Å².